The molecule has 1 fully saturated rings. The molecule has 1 aliphatic heterocycles. The van der Waals surface area contributed by atoms with Gasteiger partial charge in [0, 0.05) is 30.9 Å². The van der Waals surface area contributed by atoms with E-state index in [1.54, 1.807) is 25.3 Å². The first kappa shape index (κ1) is 22.3. The number of hydrogen-bond donors (Lipinski definition) is 1. The molecule has 0 aromatic heterocycles. The van der Waals surface area contributed by atoms with Gasteiger partial charge < -0.3 is 19.7 Å². The minimum absolute atomic E-state index is 0.141. The molecule has 0 spiro atoms. The van der Waals surface area contributed by atoms with Crippen LogP contribution in [-0.4, -0.2) is 20.2 Å². The number of piperidine rings is 1. The Labute approximate surface area is 193 Å². The first-order chi connectivity index (χ1) is 15.6. The number of hydrogen-bond acceptors (Lipinski definition) is 4. The Kier molecular flexibility index (Phi) is 7.38. The zero-order chi connectivity index (χ0) is 22.3. The number of ether oxygens (including phenoxy) is 2. The summed E-state index contributed by atoms with van der Waals surface area (Å²) in [6, 6.07) is 18.5. The molecule has 1 saturated heterocycles. The maximum absolute atomic E-state index is 13.8. The Morgan fingerprint density at radius 3 is 2.53 bits per heavy atom. The third-order valence-corrected chi connectivity index (χ3v) is 6.01. The van der Waals surface area contributed by atoms with Crippen LogP contribution in [-0.2, 0) is 13.2 Å². The van der Waals surface area contributed by atoms with Crippen LogP contribution in [0.25, 0.3) is 0 Å². The Bertz CT molecular complexity index is 1050. The normalized spacial score (nSPS) is 13.7. The highest BCUT2D eigenvalue weighted by Crippen LogP contribution is 2.32. The molecular formula is C26H28ClFN2O2. The van der Waals surface area contributed by atoms with E-state index in [1.807, 2.05) is 24.3 Å². The Morgan fingerprint density at radius 2 is 1.78 bits per heavy atom. The molecule has 0 unspecified atom stereocenters. The number of benzene rings is 3. The van der Waals surface area contributed by atoms with Crippen molar-refractivity contribution in [2.24, 2.45) is 0 Å². The van der Waals surface area contributed by atoms with Crippen LogP contribution in [0.2, 0.25) is 5.02 Å². The van der Waals surface area contributed by atoms with Crippen molar-refractivity contribution in [2.75, 3.05) is 30.4 Å². The van der Waals surface area contributed by atoms with Gasteiger partial charge in [-0.15, -0.1) is 0 Å². The first-order valence-corrected chi connectivity index (χ1v) is 11.3. The third kappa shape index (κ3) is 5.46. The third-order valence-electron chi connectivity index (χ3n) is 5.71. The van der Waals surface area contributed by atoms with Crippen molar-refractivity contribution in [3.8, 4) is 11.5 Å². The summed E-state index contributed by atoms with van der Waals surface area (Å²) in [5.41, 5.74) is 3.62. The second-order valence-electron chi connectivity index (χ2n) is 7.93. The quantitative estimate of drug-likeness (QED) is 0.412. The molecule has 0 radical (unpaired) electrons. The highest BCUT2D eigenvalue weighted by atomic mass is 35.5. The van der Waals surface area contributed by atoms with Crippen molar-refractivity contribution < 1.29 is 13.9 Å². The highest BCUT2D eigenvalue weighted by Gasteiger charge is 2.14. The fourth-order valence-corrected chi connectivity index (χ4v) is 4.22. The first-order valence-electron chi connectivity index (χ1n) is 11.0. The minimum Gasteiger partial charge on any atom is -0.493 e. The predicted octanol–water partition coefficient (Wildman–Crippen LogP) is 6.67. The van der Waals surface area contributed by atoms with E-state index in [1.165, 1.54) is 25.3 Å². The predicted molar refractivity (Wildman–Crippen MR) is 129 cm³/mol. The molecule has 1 aliphatic rings. The molecule has 0 bridgehead atoms. The summed E-state index contributed by atoms with van der Waals surface area (Å²) in [6.45, 7) is 2.89. The number of rotatable bonds is 8. The second-order valence-corrected chi connectivity index (χ2v) is 8.34. The summed E-state index contributed by atoms with van der Waals surface area (Å²) >= 11 is 6.56. The van der Waals surface area contributed by atoms with E-state index in [4.69, 9.17) is 21.1 Å². The molecule has 1 N–H and O–H groups in total. The number of anilines is 2. The zero-order valence-corrected chi connectivity index (χ0v) is 19.0. The van der Waals surface area contributed by atoms with E-state index in [9.17, 15) is 4.39 Å². The molecule has 4 rings (SSSR count). The van der Waals surface area contributed by atoms with Gasteiger partial charge in [0.05, 0.1) is 17.8 Å². The summed E-state index contributed by atoms with van der Waals surface area (Å²) in [4.78, 5) is 2.36. The lowest BCUT2D eigenvalue weighted by molar-refractivity contribution is 0.279. The lowest BCUT2D eigenvalue weighted by Gasteiger charge is -2.29. The molecular weight excluding hydrogens is 427 g/mol. The molecule has 0 amide bonds. The number of halogens is 2. The fraction of sp³-hybridized carbons (Fsp3) is 0.308. The Morgan fingerprint density at radius 1 is 0.969 bits per heavy atom. The van der Waals surface area contributed by atoms with Gasteiger partial charge in [0.25, 0.3) is 0 Å². The van der Waals surface area contributed by atoms with Gasteiger partial charge in [-0.25, -0.2) is 4.39 Å². The maximum Gasteiger partial charge on any atom is 0.161 e. The van der Waals surface area contributed by atoms with Gasteiger partial charge in [0.15, 0.2) is 11.5 Å². The standard InChI is InChI=1S/C26H28ClFN2O2/c1-31-26-15-19(9-12-25(26)32-18-20-7-3-4-8-23(20)28)17-29-21-10-11-24(22(27)16-21)30-13-5-2-6-14-30/h3-4,7-12,15-16,29H,2,5-6,13-14,17-18H2,1H3. The maximum atomic E-state index is 13.8. The zero-order valence-electron chi connectivity index (χ0n) is 18.2. The summed E-state index contributed by atoms with van der Waals surface area (Å²) < 4.78 is 25.1. The van der Waals surface area contributed by atoms with Gasteiger partial charge >= 0.3 is 0 Å². The van der Waals surface area contributed by atoms with E-state index in [-0.39, 0.29) is 12.4 Å². The summed E-state index contributed by atoms with van der Waals surface area (Å²) in [5, 5.41) is 4.19. The number of methoxy groups -OCH3 is 1. The average Bonchev–Trinajstić information content (AvgIpc) is 2.83. The molecule has 3 aromatic rings. The lowest BCUT2D eigenvalue weighted by Crippen LogP contribution is -2.29. The molecule has 0 aliphatic carbocycles. The molecule has 4 nitrogen and oxygen atoms in total. The summed E-state index contributed by atoms with van der Waals surface area (Å²) in [6.07, 6.45) is 3.74. The van der Waals surface area contributed by atoms with Gasteiger partial charge in [-0.3, -0.25) is 0 Å². The molecule has 0 saturated carbocycles. The smallest absolute Gasteiger partial charge is 0.161 e. The molecule has 168 valence electrons. The van der Waals surface area contributed by atoms with Crippen molar-refractivity contribution in [1.82, 2.24) is 0 Å². The van der Waals surface area contributed by atoms with Crippen LogP contribution < -0.4 is 19.7 Å². The molecule has 0 atom stereocenters. The Hall–Kier alpha value is -2.92. The van der Waals surface area contributed by atoms with Crippen LogP contribution in [0, 0.1) is 5.82 Å². The molecule has 6 heteroatoms. The van der Waals surface area contributed by atoms with Crippen molar-refractivity contribution in [1.29, 1.82) is 0 Å². The van der Waals surface area contributed by atoms with Crippen LogP contribution in [0.3, 0.4) is 0 Å². The van der Waals surface area contributed by atoms with Gasteiger partial charge in [0.2, 0.25) is 0 Å². The minimum atomic E-state index is -0.280. The van der Waals surface area contributed by atoms with Crippen LogP contribution in [0.15, 0.2) is 60.7 Å². The van der Waals surface area contributed by atoms with E-state index in [2.05, 4.69) is 22.3 Å². The van der Waals surface area contributed by atoms with Crippen LogP contribution in [0.4, 0.5) is 15.8 Å². The summed E-state index contributed by atoms with van der Waals surface area (Å²) in [7, 11) is 1.60. The van der Waals surface area contributed by atoms with Crippen molar-refractivity contribution >= 4 is 23.0 Å². The Balaban J connectivity index is 1.38. The number of nitrogens with one attached hydrogen (secondary N) is 1. The monoisotopic (exact) mass is 454 g/mol. The molecule has 32 heavy (non-hydrogen) atoms. The van der Waals surface area contributed by atoms with Crippen LogP contribution >= 0.6 is 11.6 Å². The van der Waals surface area contributed by atoms with Gasteiger partial charge in [-0.1, -0.05) is 35.9 Å². The second kappa shape index (κ2) is 10.6. The average molecular weight is 455 g/mol. The SMILES string of the molecule is COc1cc(CNc2ccc(N3CCCCC3)c(Cl)c2)ccc1OCc1ccccc1F. The van der Waals surface area contributed by atoms with Gasteiger partial charge in [-0.05, 0) is 61.2 Å². The van der Waals surface area contributed by atoms with Crippen LogP contribution in [0.1, 0.15) is 30.4 Å². The molecule has 3 aromatic carbocycles. The number of nitrogens with zero attached hydrogens (tertiary/aromatic N) is 1. The van der Waals surface area contributed by atoms with Crippen molar-refractivity contribution in [2.45, 2.75) is 32.4 Å². The topological polar surface area (TPSA) is 33.7 Å². The van der Waals surface area contributed by atoms with Crippen LogP contribution in [0.5, 0.6) is 11.5 Å². The van der Waals surface area contributed by atoms with Crippen molar-refractivity contribution in [3.63, 3.8) is 0 Å². The van der Waals surface area contributed by atoms with Gasteiger partial charge in [0.1, 0.15) is 12.4 Å². The summed E-state index contributed by atoms with van der Waals surface area (Å²) in [5.74, 6) is 0.907. The van der Waals surface area contributed by atoms with E-state index < -0.39 is 0 Å². The van der Waals surface area contributed by atoms with E-state index >= 15 is 0 Å². The van der Waals surface area contributed by atoms with Gasteiger partial charge in [-0.2, -0.15) is 0 Å². The fourth-order valence-electron chi connectivity index (χ4n) is 3.92. The highest BCUT2D eigenvalue weighted by molar-refractivity contribution is 6.33. The van der Waals surface area contributed by atoms with E-state index in [0.717, 1.165) is 35.1 Å². The largest absolute Gasteiger partial charge is 0.493 e. The lowest BCUT2D eigenvalue weighted by atomic mass is 10.1. The van der Waals surface area contributed by atoms with E-state index in [0.29, 0.717) is 23.6 Å². The molecule has 1 heterocycles. The van der Waals surface area contributed by atoms with Crippen molar-refractivity contribution in [3.05, 3.63) is 82.6 Å².